The fourth-order valence-corrected chi connectivity index (χ4v) is 3.23. The first-order valence-corrected chi connectivity index (χ1v) is 11.8. The third kappa shape index (κ3) is 12.2. The molecule has 0 radical (unpaired) electrons. The summed E-state index contributed by atoms with van der Waals surface area (Å²) in [5, 5.41) is 0. The normalized spacial score (nSPS) is 11.1. The average Bonchev–Trinajstić information content (AvgIpc) is 2.76. The molecule has 0 aliphatic heterocycles. The smallest absolute Gasteiger partial charge is 0.320 e. The van der Waals surface area contributed by atoms with E-state index in [1.807, 2.05) is 24.3 Å². The minimum atomic E-state index is -0.950. The lowest BCUT2D eigenvalue weighted by molar-refractivity contribution is -0.162. The Kier molecular flexibility index (Phi) is 15.0. The molecule has 5 nitrogen and oxygen atoms in total. The van der Waals surface area contributed by atoms with E-state index < -0.39 is 17.9 Å². The van der Waals surface area contributed by atoms with Crippen LogP contribution in [0.3, 0.4) is 0 Å². The van der Waals surface area contributed by atoms with Gasteiger partial charge < -0.3 is 14.2 Å². The third-order valence-corrected chi connectivity index (χ3v) is 4.98. The van der Waals surface area contributed by atoms with E-state index in [-0.39, 0.29) is 26.2 Å². The van der Waals surface area contributed by atoms with Crippen LogP contribution in [0.5, 0.6) is 5.75 Å². The number of hydrogen-bond donors (Lipinski definition) is 0. The highest BCUT2D eigenvalue weighted by Gasteiger charge is 2.29. The fourth-order valence-electron chi connectivity index (χ4n) is 3.23. The molecule has 1 rings (SSSR count). The Labute approximate surface area is 188 Å². The number of benzene rings is 1. The van der Waals surface area contributed by atoms with E-state index in [4.69, 9.17) is 14.2 Å². The summed E-state index contributed by atoms with van der Waals surface area (Å²) in [5.41, 5.74) is 1.13. The standard InChI is InChI=1S/C26H40O5/c1-4-7-8-9-10-11-12-13-14-15-22-16-18-23(19-17-22)31-21-20-24(25(27)29-5-2)26(28)30-6-3/h14-19,24H,4-13,20-21H2,1-3H3. The number of rotatable bonds is 17. The Morgan fingerprint density at radius 2 is 1.42 bits per heavy atom. The summed E-state index contributed by atoms with van der Waals surface area (Å²) < 4.78 is 15.6. The van der Waals surface area contributed by atoms with Crippen LogP contribution in [0.2, 0.25) is 0 Å². The second-order valence-corrected chi connectivity index (χ2v) is 7.58. The van der Waals surface area contributed by atoms with Crippen molar-refractivity contribution in [2.24, 2.45) is 5.92 Å². The molecule has 0 atom stereocenters. The van der Waals surface area contributed by atoms with Gasteiger partial charge in [0, 0.05) is 6.42 Å². The van der Waals surface area contributed by atoms with E-state index in [0.717, 1.165) is 12.0 Å². The SMILES string of the molecule is CCCCCCCCCC=Cc1ccc(OCCC(C(=O)OCC)C(=O)OCC)cc1. The minimum Gasteiger partial charge on any atom is -0.494 e. The van der Waals surface area contributed by atoms with Gasteiger partial charge in [-0.15, -0.1) is 0 Å². The topological polar surface area (TPSA) is 61.8 Å². The molecule has 1 aromatic rings. The van der Waals surface area contributed by atoms with Crippen molar-refractivity contribution in [3.63, 3.8) is 0 Å². The maximum atomic E-state index is 12.0. The van der Waals surface area contributed by atoms with Crippen LogP contribution in [-0.2, 0) is 19.1 Å². The molecule has 0 amide bonds. The van der Waals surface area contributed by atoms with Gasteiger partial charge in [-0.3, -0.25) is 9.59 Å². The Balaban J connectivity index is 2.34. The largest absolute Gasteiger partial charge is 0.494 e. The molecular formula is C26H40O5. The van der Waals surface area contributed by atoms with Gasteiger partial charge in [0.2, 0.25) is 0 Å². The van der Waals surface area contributed by atoms with Crippen LogP contribution in [0, 0.1) is 5.92 Å². The first-order valence-electron chi connectivity index (χ1n) is 11.8. The summed E-state index contributed by atoms with van der Waals surface area (Å²) in [6.45, 7) is 6.35. The van der Waals surface area contributed by atoms with Crippen LogP contribution in [0.15, 0.2) is 30.3 Å². The van der Waals surface area contributed by atoms with E-state index in [0.29, 0.717) is 5.75 Å². The first kappa shape index (κ1) is 26.7. The van der Waals surface area contributed by atoms with Crippen LogP contribution in [-0.4, -0.2) is 31.8 Å². The predicted molar refractivity (Wildman–Crippen MR) is 125 cm³/mol. The Morgan fingerprint density at radius 3 is 2.00 bits per heavy atom. The van der Waals surface area contributed by atoms with Crippen molar-refractivity contribution in [1.29, 1.82) is 0 Å². The zero-order valence-electron chi connectivity index (χ0n) is 19.6. The molecule has 0 aliphatic carbocycles. The van der Waals surface area contributed by atoms with Gasteiger partial charge in [0.15, 0.2) is 5.92 Å². The van der Waals surface area contributed by atoms with Crippen molar-refractivity contribution in [3.8, 4) is 5.75 Å². The molecule has 1 aromatic carbocycles. The van der Waals surface area contributed by atoms with Crippen molar-refractivity contribution in [2.75, 3.05) is 19.8 Å². The summed E-state index contributed by atoms with van der Waals surface area (Å²) in [5.74, 6) is -1.37. The minimum absolute atomic E-state index is 0.220. The maximum Gasteiger partial charge on any atom is 0.320 e. The van der Waals surface area contributed by atoms with E-state index in [2.05, 4.69) is 19.1 Å². The third-order valence-electron chi connectivity index (χ3n) is 4.98. The summed E-state index contributed by atoms with van der Waals surface area (Å²) in [6, 6.07) is 7.81. The molecule has 0 aliphatic rings. The van der Waals surface area contributed by atoms with Crippen LogP contribution in [0.1, 0.15) is 84.1 Å². The van der Waals surface area contributed by atoms with E-state index in [1.165, 1.54) is 44.9 Å². The molecule has 0 saturated heterocycles. The van der Waals surface area contributed by atoms with Gasteiger partial charge >= 0.3 is 11.9 Å². The fraction of sp³-hybridized carbons (Fsp3) is 0.615. The summed E-state index contributed by atoms with van der Waals surface area (Å²) >= 11 is 0. The second-order valence-electron chi connectivity index (χ2n) is 7.58. The van der Waals surface area contributed by atoms with Gasteiger partial charge in [0.05, 0.1) is 19.8 Å². The number of hydrogen-bond acceptors (Lipinski definition) is 5. The summed E-state index contributed by atoms with van der Waals surface area (Å²) in [6.07, 6.45) is 15.0. The number of carbonyl (C=O) groups excluding carboxylic acids is 2. The Hall–Kier alpha value is -2.30. The summed E-state index contributed by atoms with van der Waals surface area (Å²) in [4.78, 5) is 24.0. The van der Waals surface area contributed by atoms with Crippen molar-refractivity contribution in [1.82, 2.24) is 0 Å². The number of carbonyl (C=O) groups is 2. The van der Waals surface area contributed by atoms with Crippen molar-refractivity contribution >= 4 is 18.0 Å². The van der Waals surface area contributed by atoms with E-state index in [9.17, 15) is 9.59 Å². The van der Waals surface area contributed by atoms with Crippen LogP contribution < -0.4 is 4.74 Å². The van der Waals surface area contributed by atoms with Gasteiger partial charge in [0.25, 0.3) is 0 Å². The molecule has 5 heteroatoms. The van der Waals surface area contributed by atoms with Gasteiger partial charge in [-0.05, 0) is 44.4 Å². The van der Waals surface area contributed by atoms with Crippen LogP contribution in [0.4, 0.5) is 0 Å². The van der Waals surface area contributed by atoms with Crippen molar-refractivity contribution in [2.45, 2.75) is 78.6 Å². The lowest BCUT2D eigenvalue weighted by atomic mass is 10.1. The van der Waals surface area contributed by atoms with Gasteiger partial charge in [-0.25, -0.2) is 0 Å². The van der Waals surface area contributed by atoms with Gasteiger partial charge in [-0.1, -0.05) is 69.7 Å². The molecule has 0 fully saturated rings. The molecule has 0 saturated carbocycles. The number of esters is 2. The first-order chi connectivity index (χ1) is 15.1. The molecule has 174 valence electrons. The molecule has 31 heavy (non-hydrogen) atoms. The highest BCUT2D eigenvalue weighted by molar-refractivity contribution is 5.94. The highest BCUT2D eigenvalue weighted by atomic mass is 16.6. The van der Waals surface area contributed by atoms with E-state index >= 15 is 0 Å². The molecule has 0 spiro atoms. The van der Waals surface area contributed by atoms with Gasteiger partial charge in [-0.2, -0.15) is 0 Å². The quantitative estimate of drug-likeness (QED) is 0.163. The molecule has 0 bridgehead atoms. The lowest BCUT2D eigenvalue weighted by Gasteiger charge is -2.14. The van der Waals surface area contributed by atoms with E-state index in [1.54, 1.807) is 13.8 Å². The number of ether oxygens (including phenoxy) is 3. The average molecular weight is 433 g/mol. The molecular weight excluding hydrogens is 392 g/mol. The zero-order valence-corrected chi connectivity index (χ0v) is 19.6. The zero-order chi connectivity index (χ0) is 22.7. The maximum absolute atomic E-state index is 12.0. The van der Waals surface area contributed by atoms with Gasteiger partial charge in [0.1, 0.15) is 5.75 Å². The van der Waals surface area contributed by atoms with Crippen LogP contribution in [0.25, 0.3) is 6.08 Å². The molecule has 0 heterocycles. The highest BCUT2D eigenvalue weighted by Crippen LogP contribution is 2.16. The van der Waals surface area contributed by atoms with Crippen molar-refractivity contribution < 1.29 is 23.8 Å². The predicted octanol–water partition coefficient (Wildman–Crippen LogP) is 6.35. The monoisotopic (exact) mass is 432 g/mol. The summed E-state index contributed by atoms with van der Waals surface area (Å²) in [7, 11) is 0. The molecule has 0 unspecified atom stereocenters. The number of allylic oxidation sites excluding steroid dienone is 1. The number of unbranched alkanes of at least 4 members (excludes halogenated alkanes) is 7. The second kappa shape index (κ2) is 17.4. The molecule has 0 aromatic heterocycles. The van der Waals surface area contributed by atoms with Crippen LogP contribution >= 0.6 is 0 Å². The molecule has 0 N–H and O–H groups in total. The Bertz CT molecular complexity index is 618. The lowest BCUT2D eigenvalue weighted by Crippen LogP contribution is -2.29. The van der Waals surface area contributed by atoms with Crippen molar-refractivity contribution in [3.05, 3.63) is 35.9 Å². The Morgan fingerprint density at radius 1 is 0.839 bits per heavy atom.